The summed E-state index contributed by atoms with van der Waals surface area (Å²) < 4.78 is 5.08. The molecule has 0 unspecified atom stereocenters. The first kappa shape index (κ1) is 20.9. The Morgan fingerprint density at radius 1 is 1.00 bits per heavy atom. The van der Waals surface area contributed by atoms with Crippen LogP contribution in [-0.2, 0) is 19.4 Å². The van der Waals surface area contributed by atoms with Crippen LogP contribution in [0.15, 0.2) is 70.3 Å². The molecule has 29 heavy (non-hydrogen) atoms. The van der Waals surface area contributed by atoms with E-state index in [4.69, 9.17) is 10.2 Å². The van der Waals surface area contributed by atoms with E-state index >= 15 is 0 Å². The average molecular weight is 502 g/mol. The number of halogens is 1. The van der Waals surface area contributed by atoms with Crippen LogP contribution in [0.5, 0.6) is 0 Å². The van der Waals surface area contributed by atoms with Gasteiger partial charge in [-0.15, -0.1) is 24.0 Å². The number of guanidine groups is 1. The Bertz CT molecular complexity index is 998. The van der Waals surface area contributed by atoms with Crippen LogP contribution in [0.4, 0.5) is 11.4 Å². The highest BCUT2D eigenvalue weighted by Crippen LogP contribution is 2.24. The third-order valence-electron chi connectivity index (χ3n) is 4.76. The quantitative estimate of drug-likeness (QED) is 0.271. The second-order valence-electron chi connectivity index (χ2n) is 6.79. The van der Waals surface area contributed by atoms with Crippen LogP contribution < -0.4 is 16.4 Å². The van der Waals surface area contributed by atoms with Crippen LogP contribution in [0.2, 0.25) is 0 Å². The minimum atomic E-state index is -0.279. The van der Waals surface area contributed by atoms with Gasteiger partial charge >= 0.3 is 0 Å². The number of amides is 1. The van der Waals surface area contributed by atoms with Gasteiger partial charge in [-0.1, -0.05) is 18.2 Å². The van der Waals surface area contributed by atoms with Crippen molar-refractivity contribution in [2.75, 3.05) is 10.6 Å². The maximum atomic E-state index is 12.0. The van der Waals surface area contributed by atoms with Crippen molar-refractivity contribution >= 4 is 47.2 Å². The number of hydrogen-bond acceptors (Lipinski definition) is 3. The van der Waals surface area contributed by atoms with Crippen molar-refractivity contribution in [2.24, 2.45) is 10.7 Å². The van der Waals surface area contributed by atoms with Crippen molar-refractivity contribution < 1.29 is 9.21 Å². The molecule has 1 aliphatic rings. The van der Waals surface area contributed by atoms with Crippen molar-refractivity contribution in [3.8, 4) is 0 Å². The lowest BCUT2D eigenvalue weighted by molar-refractivity contribution is 0.0996. The molecule has 4 rings (SSSR count). The van der Waals surface area contributed by atoms with Gasteiger partial charge in [0.15, 0.2) is 11.7 Å². The third-order valence-corrected chi connectivity index (χ3v) is 4.76. The average Bonchev–Trinajstić information content (AvgIpc) is 3.39. The molecule has 150 valence electrons. The molecular formula is C22H23IN4O2. The van der Waals surface area contributed by atoms with Crippen molar-refractivity contribution in [1.29, 1.82) is 0 Å². The first-order chi connectivity index (χ1) is 13.7. The fourth-order valence-electron chi connectivity index (χ4n) is 3.31. The molecule has 3 aromatic rings. The summed E-state index contributed by atoms with van der Waals surface area (Å²) in [6, 6.07) is 17.1. The van der Waals surface area contributed by atoms with E-state index in [1.807, 2.05) is 30.3 Å². The van der Waals surface area contributed by atoms with Crippen LogP contribution in [-0.4, -0.2) is 11.9 Å². The van der Waals surface area contributed by atoms with E-state index in [9.17, 15) is 4.79 Å². The van der Waals surface area contributed by atoms with Crippen molar-refractivity contribution in [1.82, 2.24) is 0 Å². The molecule has 0 spiro atoms. The molecule has 1 amide bonds. The number of carbonyl (C=O) groups is 1. The van der Waals surface area contributed by atoms with Gasteiger partial charge in [-0.05, 0) is 72.4 Å². The number of nitrogens with two attached hydrogens (primary N) is 1. The molecule has 4 N–H and O–H groups in total. The number of aryl methyl sites for hydroxylation is 2. The molecule has 0 saturated carbocycles. The number of nitrogens with one attached hydrogen (secondary N) is 2. The van der Waals surface area contributed by atoms with Crippen LogP contribution in [0.25, 0.3) is 0 Å². The van der Waals surface area contributed by atoms with Gasteiger partial charge in [-0.3, -0.25) is 4.79 Å². The third kappa shape index (κ3) is 5.38. The van der Waals surface area contributed by atoms with Gasteiger partial charge in [0.25, 0.3) is 5.91 Å². The SMILES string of the molecule is I.NC(=NCc1ccc(NC(=O)c2ccco2)cc1)Nc1ccc2c(c1)CCC2. The Morgan fingerprint density at radius 2 is 1.76 bits per heavy atom. The number of rotatable bonds is 5. The minimum absolute atomic E-state index is 0. The monoisotopic (exact) mass is 502 g/mol. The standard InChI is InChI=1S/C22H22N4O2.HI/c23-22(26-19-11-8-16-3-1-4-17(16)13-19)24-14-15-6-9-18(10-7-15)25-21(27)20-5-2-12-28-20;/h2,5-13H,1,3-4,14H2,(H,25,27)(H3,23,24,26);1H. The van der Waals surface area contributed by atoms with Gasteiger partial charge in [-0.2, -0.15) is 0 Å². The van der Waals surface area contributed by atoms with Gasteiger partial charge in [0.1, 0.15) is 0 Å². The summed E-state index contributed by atoms with van der Waals surface area (Å²) in [5.41, 5.74) is 11.5. The second kappa shape index (κ2) is 9.60. The maximum Gasteiger partial charge on any atom is 0.291 e. The molecule has 0 bridgehead atoms. The van der Waals surface area contributed by atoms with E-state index in [1.165, 1.54) is 23.8 Å². The maximum absolute atomic E-state index is 12.0. The van der Waals surface area contributed by atoms with Crippen molar-refractivity contribution in [2.45, 2.75) is 25.8 Å². The summed E-state index contributed by atoms with van der Waals surface area (Å²) in [7, 11) is 0. The fraction of sp³-hybridized carbons (Fsp3) is 0.182. The van der Waals surface area contributed by atoms with Crippen molar-refractivity contribution in [3.63, 3.8) is 0 Å². The van der Waals surface area contributed by atoms with Gasteiger partial charge < -0.3 is 20.8 Å². The smallest absolute Gasteiger partial charge is 0.291 e. The van der Waals surface area contributed by atoms with Gasteiger partial charge in [0, 0.05) is 11.4 Å². The molecule has 0 fully saturated rings. The van der Waals surface area contributed by atoms with E-state index in [0.29, 0.717) is 18.2 Å². The Morgan fingerprint density at radius 3 is 2.52 bits per heavy atom. The van der Waals surface area contributed by atoms with E-state index in [2.05, 4.69) is 27.8 Å². The summed E-state index contributed by atoms with van der Waals surface area (Å²) in [4.78, 5) is 16.4. The van der Waals surface area contributed by atoms with E-state index in [1.54, 1.807) is 12.1 Å². The molecule has 0 saturated heterocycles. The Labute approximate surface area is 186 Å². The largest absolute Gasteiger partial charge is 0.459 e. The summed E-state index contributed by atoms with van der Waals surface area (Å²) in [6.07, 6.45) is 4.99. The molecule has 2 aromatic carbocycles. The van der Waals surface area contributed by atoms with Crippen LogP contribution in [0.3, 0.4) is 0 Å². The number of hydrogen-bond donors (Lipinski definition) is 3. The topological polar surface area (TPSA) is 92.6 Å². The first-order valence-electron chi connectivity index (χ1n) is 9.30. The summed E-state index contributed by atoms with van der Waals surface area (Å²) >= 11 is 0. The molecule has 7 heteroatoms. The molecule has 1 aromatic heterocycles. The molecule has 0 aliphatic heterocycles. The number of fused-ring (bicyclic) bond motifs is 1. The number of carbonyl (C=O) groups excluding carboxylic acids is 1. The predicted octanol–water partition coefficient (Wildman–Crippen LogP) is 4.57. The normalized spacial score (nSPS) is 12.8. The van der Waals surface area contributed by atoms with E-state index in [0.717, 1.165) is 24.1 Å². The predicted molar refractivity (Wildman–Crippen MR) is 126 cm³/mol. The summed E-state index contributed by atoms with van der Waals surface area (Å²) in [6.45, 7) is 0.455. The van der Waals surface area contributed by atoms with Gasteiger partial charge in [-0.25, -0.2) is 4.99 Å². The molecular weight excluding hydrogens is 479 g/mol. The number of furan rings is 1. The number of nitrogens with zero attached hydrogens (tertiary/aromatic N) is 1. The zero-order chi connectivity index (χ0) is 19.3. The second-order valence-corrected chi connectivity index (χ2v) is 6.79. The number of benzene rings is 2. The highest BCUT2D eigenvalue weighted by molar-refractivity contribution is 14.0. The fourth-order valence-corrected chi connectivity index (χ4v) is 3.31. The highest BCUT2D eigenvalue weighted by atomic mass is 127. The number of aliphatic imine (C=N–C) groups is 1. The van der Waals surface area contributed by atoms with E-state index in [-0.39, 0.29) is 35.6 Å². The van der Waals surface area contributed by atoms with E-state index < -0.39 is 0 Å². The molecule has 1 aliphatic carbocycles. The summed E-state index contributed by atoms with van der Waals surface area (Å²) in [5, 5.41) is 5.94. The lowest BCUT2D eigenvalue weighted by Gasteiger charge is -2.08. The first-order valence-corrected chi connectivity index (χ1v) is 9.30. The minimum Gasteiger partial charge on any atom is -0.459 e. The number of anilines is 2. The molecule has 1 heterocycles. The van der Waals surface area contributed by atoms with Gasteiger partial charge in [0.2, 0.25) is 0 Å². The molecule has 0 atom stereocenters. The van der Waals surface area contributed by atoms with Crippen LogP contribution >= 0.6 is 24.0 Å². The Hall–Kier alpha value is -2.81. The molecule has 6 nitrogen and oxygen atoms in total. The van der Waals surface area contributed by atoms with Crippen LogP contribution in [0, 0.1) is 0 Å². The highest BCUT2D eigenvalue weighted by Gasteiger charge is 2.11. The Kier molecular flexibility index (Phi) is 6.92. The van der Waals surface area contributed by atoms with Gasteiger partial charge in [0.05, 0.1) is 12.8 Å². The zero-order valence-corrected chi connectivity index (χ0v) is 18.2. The van der Waals surface area contributed by atoms with Crippen molar-refractivity contribution in [3.05, 3.63) is 83.3 Å². The lowest BCUT2D eigenvalue weighted by atomic mass is 10.1. The summed E-state index contributed by atoms with van der Waals surface area (Å²) in [5.74, 6) is 0.380. The zero-order valence-electron chi connectivity index (χ0n) is 15.9. The lowest BCUT2D eigenvalue weighted by Crippen LogP contribution is -2.22. The molecule has 0 radical (unpaired) electrons. The Balaban J connectivity index is 0.00000240. The van der Waals surface area contributed by atoms with Crippen LogP contribution in [0.1, 0.15) is 33.7 Å².